The first-order valence-corrected chi connectivity index (χ1v) is 8.55. The molecule has 0 N–H and O–H groups in total. The van der Waals surface area contributed by atoms with E-state index in [0.29, 0.717) is 0 Å². The summed E-state index contributed by atoms with van der Waals surface area (Å²) >= 11 is 0. The van der Waals surface area contributed by atoms with Gasteiger partial charge in [-0.2, -0.15) is 0 Å². The summed E-state index contributed by atoms with van der Waals surface area (Å²) in [6.07, 6.45) is 2.27. The second-order valence-electron chi connectivity index (χ2n) is 6.27. The molecule has 4 rings (SSSR count). The Morgan fingerprint density at radius 3 is 2.61 bits per heavy atom. The molecule has 0 saturated heterocycles. The third-order valence-corrected chi connectivity index (χ3v) is 4.86. The zero-order chi connectivity index (χ0) is 15.6. The van der Waals surface area contributed by atoms with Crippen molar-refractivity contribution in [1.29, 1.82) is 0 Å². The Morgan fingerprint density at radius 1 is 1.00 bits per heavy atom. The molecule has 0 amide bonds. The van der Waals surface area contributed by atoms with E-state index < -0.39 is 0 Å². The average Bonchev–Trinajstić information content (AvgIpc) is 2.82. The van der Waals surface area contributed by atoms with Crippen LogP contribution in [0, 0.1) is 0 Å². The molecule has 0 spiro atoms. The van der Waals surface area contributed by atoms with Crippen LogP contribution in [0.15, 0.2) is 54.6 Å². The first kappa shape index (κ1) is 14.4. The molecule has 1 aliphatic heterocycles. The molecule has 0 unspecified atom stereocenters. The summed E-state index contributed by atoms with van der Waals surface area (Å²) in [6.45, 7) is 5.52. The topological polar surface area (TPSA) is 16.1 Å². The van der Waals surface area contributed by atoms with Crippen molar-refractivity contribution in [1.82, 2.24) is 9.88 Å². The number of fused-ring (bicyclic) bond motifs is 2. The summed E-state index contributed by atoms with van der Waals surface area (Å²) < 4.78 is 0. The molecule has 0 fully saturated rings. The van der Waals surface area contributed by atoms with E-state index in [4.69, 9.17) is 4.98 Å². The number of nitrogens with zero attached hydrogens (tertiary/aromatic N) is 2. The van der Waals surface area contributed by atoms with Crippen molar-refractivity contribution in [2.24, 2.45) is 0 Å². The van der Waals surface area contributed by atoms with Crippen LogP contribution in [0.1, 0.15) is 24.6 Å². The second-order valence-corrected chi connectivity index (χ2v) is 6.27. The predicted octanol–water partition coefficient (Wildman–Crippen LogP) is 4.67. The van der Waals surface area contributed by atoms with Gasteiger partial charge in [0.05, 0.1) is 5.52 Å². The van der Waals surface area contributed by atoms with E-state index in [0.717, 1.165) is 31.6 Å². The van der Waals surface area contributed by atoms with Crippen molar-refractivity contribution in [3.8, 4) is 11.1 Å². The molecule has 116 valence electrons. The number of para-hydroxylation sites is 1. The summed E-state index contributed by atoms with van der Waals surface area (Å²) in [7, 11) is 0. The molecule has 2 heterocycles. The van der Waals surface area contributed by atoms with Gasteiger partial charge in [-0.25, -0.2) is 0 Å². The lowest BCUT2D eigenvalue weighted by Crippen LogP contribution is -2.23. The monoisotopic (exact) mass is 302 g/mol. The molecule has 2 aromatic carbocycles. The standard InChI is InChI=1S/C21H22N2/c1-2-23-14-8-13-20-18(15-23)21(16-9-4-3-5-10-16)17-11-6-7-12-19(17)22-20/h3-7,9-12H,2,8,13-15H2,1H3. The van der Waals surface area contributed by atoms with Gasteiger partial charge in [-0.05, 0) is 48.7 Å². The smallest absolute Gasteiger partial charge is 0.0711 e. The third kappa shape index (κ3) is 2.64. The highest BCUT2D eigenvalue weighted by atomic mass is 15.1. The van der Waals surface area contributed by atoms with Crippen molar-refractivity contribution in [2.45, 2.75) is 26.3 Å². The number of hydrogen-bond acceptors (Lipinski definition) is 2. The molecular weight excluding hydrogens is 280 g/mol. The normalized spacial score (nSPS) is 15.3. The van der Waals surface area contributed by atoms with Crippen molar-refractivity contribution in [3.05, 3.63) is 65.9 Å². The maximum atomic E-state index is 5.00. The number of benzene rings is 2. The van der Waals surface area contributed by atoms with Crippen LogP contribution in [0.3, 0.4) is 0 Å². The Balaban J connectivity index is 2.02. The summed E-state index contributed by atoms with van der Waals surface area (Å²) in [5, 5.41) is 1.27. The Hall–Kier alpha value is -2.19. The number of aromatic nitrogens is 1. The SMILES string of the molecule is CCN1CCCc2nc3ccccc3c(-c3ccccc3)c2C1. The summed E-state index contributed by atoms with van der Waals surface area (Å²) in [6, 6.07) is 19.4. The van der Waals surface area contributed by atoms with Gasteiger partial charge in [-0.15, -0.1) is 0 Å². The van der Waals surface area contributed by atoms with Crippen molar-refractivity contribution < 1.29 is 0 Å². The van der Waals surface area contributed by atoms with E-state index in [9.17, 15) is 0 Å². The van der Waals surface area contributed by atoms with E-state index in [1.54, 1.807) is 0 Å². The highest BCUT2D eigenvalue weighted by Gasteiger charge is 2.20. The lowest BCUT2D eigenvalue weighted by molar-refractivity contribution is 0.285. The predicted molar refractivity (Wildman–Crippen MR) is 96.5 cm³/mol. The van der Waals surface area contributed by atoms with Gasteiger partial charge in [0.15, 0.2) is 0 Å². The molecule has 0 aliphatic carbocycles. The number of aryl methyl sites for hydroxylation is 1. The highest BCUT2D eigenvalue weighted by Crippen LogP contribution is 2.35. The molecule has 0 saturated carbocycles. The quantitative estimate of drug-likeness (QED) is 0.684. The lowest BCUT2D eigenvalue weighted by Gasteiger charge is -2.21. The van der Waals surface area contributed by atoms with Crippen LogP contribution < -0.4 is 0 Å². The molecule has 1 aromatic heterocycles. The first-order valence-electron chi connectivity index (χ1n) is 8.55. The minimum Gasteiger partial charge on any atom is -0.299 e. The fourth-order valence-electron chi connectivity index (χ4n) is 3.66. The zero-order valence-electron chi connectivity index (χ0n) is 13.6. The molecule has 2 heteroatoms. The van der Waals surface area contributed by atoms with Crippen molar-refractivity contribution in [3.63, 3.8) is 0 Å². The van der Waals surface area contributed by atoms with Gasteiger partial charge in [0, 0.05) is 17.6 Å². The van der Waals surface area contributed by atoms with Gasteiger partial charge in [-0.1, -0.05) is 55.5 Å². The molecule has 0 radical (unpaired) electrons. The molecule has 23 heavy (non-hydrogen) atoms. The maximum Gasteiger partial charge on any atom is 0.0711 e. The minimum atomic E-state index is 1.01. The largest absolute Gasteiger partial charge is 0.299 e. The molecule has 0 bridgehead atoms. The van der Waals surface area contributed by atoms with Crippen LogP contribution in [0.2, 0.25) is 0 Å². The van der Waals surface area contributed by atoms with E-state index in [-0.39, 0.29) is 0 Å². The summed E-state index contributed by atoms with van der Waals surface area (Å²) in [4.78, 5) is 7.54. The molecule has 3 aromatic rings. The van der Waals surface area contributed by atoms with Gasteiger partial charge in [-0.3, -0.25) is 9.88 Å². The Bertz CT molecular complexity index is 824. The third-order valence-electron chi connectivity index (χ3n) is 4.86. The van der Waals surface area contributed by atoms with Gasteiger partial charge < -0.3 is 0 Å². The molecule has 1 aliphatic rings. The summed E-state index contributed by atoms with van der Waals surface area (Å²) in [5.74, 6) is 0. The lowest BCUT2D eigenvalue weighted by atomic mass is 9.93. The van der Waals surface area contributed by atoms with Crippen LogP contribution in [0.25, 0.3) is 22.0 Å². The van der Waals surface area contributed by atoms with Crippen LogP contribution in [0.4, 0.5) is 0 Å². The van der Waals surface area contributed by atoms with Gasteiger partial charge >= 0.3 is 0 Å². The molecular formula is C21H22N2. The first-order chi connectivity index (χ1) is 11.4. The Morgan fingerprint density at radius 2 is 1.78 bits per heavy atom. The van der Waals surface area contributed by atoms with Gasteiger partial charge in [0.2, 0.25) is 0 Å². The average molecular weight is 302 g/mol. The maximum absolute atomic E-state index is 5.00. The Labute approximate surface area is 137 Å². The molecule has 0 atom stereocenters. The van der Waals surface area contributed by atoms with E-state index >= 15 is 0 Å². The minimum absolute atomic E-state index is 1.01. The van der Waals surface area contributed by atoms with Gasteiger partial charge in [0.1, 0.15) is 0 Å². The van der Waals surface area contributed by atoms with Crippen LogP contribution in [-0.4, -0.2) is 23.0 Å². The second kappa shape index (κ2) is 6.13. The van der Waals surface area contributed by atoms with E-state index in [2.05, 4.69) is 66.4 Å². The van der Waals surface area contributed by atoms with Gasteiger partial charge in [0.25, 0.3) is 0 Å². The van der Waals surface area contributed by atoms with Crippen LogP contribution in [0.5, 0.6) is 0 Å². The molecule has 2 nitrogen and oxygen atoms in total. The zero-order valence-corrected chi connectivity index (χ0v) is 13.6. The fourth-order valence-corrected chi connectivity index (χ4v) is 3.66. The number of rotatable bonds is 2. The Kier molecular flexibility index (Phi) is 3.84. The van der Waals surface area contributed by atoms with Crippen LogP contribution >= 0.6 is 0 Å². The number of hydrogen-bond donors (Lipinski definition) is 0. The summed E-state index contributed by atoms with van der Waals surface area (Å²) in [5.41, 5.74) is 6.52. The van der Waals surface area contributed by atoms with E-state index in [1.807, 2.05) is 0 Å². The fraction of sp³-hybridized carbons (Fsp3) is 0.286. The highest BCUT2D eigenvalue weighted by molar-refractivity contribution is 5.96. The number of pyridine rings is 1. The van der Waals surface area contributed by atoms with Crippen LogP contribution in [-0.2, 0) is 13.0 Å². The van der Waals surface area contributed by atoms with E-state index in [1.165, 1.54) is 34.2 Å². The van der Waals surface area contributed by atoms with Crippen molar-refractivity contribution >= 4 is 10.9 Å². The van der Waals surface area contributed by atoms with Crippen molar-refractivity contribution in [2.75, 3.05) is 13.1 Å².